The summed E-state index contributed by atoms with van der Waals surface area (Å²) >= 11 is 0. The second kappa shape index (κ2) is 15.6. The first-order chi connectivity index (χ1) is 17.1. The van der Waals surface area contributed by atoms with Crippen LogP contribution in [0.15, 0.2) is 0 Å². The van der Waals surface area contributed by atoms with E-state index >= 15 is 0 Å². The van der Waals surface area contributed by atoms with E-state index in [1.807, 2.05) is 0 Å². The van der Waals surface area contributed by atoms with Gasteiger partial charge in [0.05, 0.1) is 24.9 Å². The number of nitrogens with zero attached hydrogens (tertiary/aromatic N) is 1. The highest BCUT2D eigenvalue weighted by Gasteiger charge is 2.43. The van der Waals surface area contributed by atoms with Gasteiger partial charge in [0.25, 0.3) is 0 Å². The SMILES string of the molecule is CC(=O)CCCCCN(CCC[C@@H]1O[C@@H](C)[C@@H](O)[C@@H](O)[C@@H]1O)CCC[C@H]1O[C@H](CO)[C@@H](O)[C@H](O)[C@H]1O. The first-order valence-electron chi connectivity index (χ1n) is 13.3. The van der Waals surface area contributed by atoms with Crippen LogP contribution in [-0.2, 0) is 14.3 Å². The van der Waals surface area contributed by atoms with E-state index in [1.54, 1.807) is 13.8 Å². The molecule has 11 heteroatoms. The predicted molar refractivity (Wildman–Crippen MR) is 130 cm³/mol. The number of carbonyl (C=O) groups is 1. The minimum absolute atomic E-state index is 0.180. The van der Waals surface area contributed by atoms with Crippen LogP contribution >= 0.6 is 0 Å². The number of Topliss-reactive ketones (excluding diaryl/α,β-unsaturated/α-hetero) is 1. The van der Waals surface area contributed by atoms with Gasteiger partial charge in [0.15, 0.2) is 0 Å². The smallest absolute Gasteiger partial charge is 0.129 e. The van der Waals surface area contributed by atoms with Crippen LogP contribution in [0.3, 0.4) is 0 Å². The van der Waals surface area contributed by atoms with Crippen molar-refractivity contribution in [1.82, 2.24) is 4.90 Å². The molecule has 2 heterocycles. The van der Waals surface area contributed by atoms with Crippen molar-refractivity contribution in [2.75, 3.05) is 26.2 Å². The Morgan fingerprint density at radius 3 is 1.72 bits per heavy atom. The van der Waals surface area contributed by atoms with Gasteiger partial charge in [-0.15, -0.1) is 0 Å². The Balaban J connectivity index is 1.84. The van der Waals surface area contributed by atoms with Crippen molar-refractivity contribution in [2.45, 2.75) is 126 Å². The molecular formula is C25H47NO10. The molecule has 0 spiro atoms. The number of rotatable bonds is 15. The van der Waals surface area contributed by atoms with Crippen molar-refractivity contribution < 1.29 is 50.0 Å². The van der Waals surface area contributed by atoms with Gasteiger partial charge < -0.3 is 54.9 Å². The highest BCUT2D eigenvalue weighted by atomic mass is 16.5. The van der Waals surface area contributed by atoms with Gasteiger partial charge in [0.2, 0.25) is 0 Å². The maximum atomic E-state index is 11.2. The van der Waals surface area contributed by atoms with Gasteiger partial charge >= 0.3 is 0 Å². The molecule has 2 rings (SSSR count). The van der Waals surface area contributed by atoms with Gasteiger partial charge in [-0.1, -0.05) is 6.42 Å². The lowest BCUT2D eigenvalue weighted by molar-refractivity contribution is -0.230. The maximum absolute atomic E-state index is 11.2. The molecule has 0 bridgehead atoms. The van der Waals surface area contributed by atoms with E-state index in [2.05, 4.69) is 4.90 Å². The summed E-state index contributed by atoms with van der Waals surface area (Å²) in [6.45, 7) is 5.00. The first kappa shape index (κ1) is 31.5. The Kier molecular flexibility index (Phi) is 13.7. The summed E-state index contributed by atoms with van der Waals surface area (Å²) in [6, 6.07) is 0. The van der Waals surface area contributed by atoms with Crippen LogP contribution in [0.5, 0.6) is 0 Å². The summed E-state index contributed by atoms with van der Waals surface area (Å²) in [5.41, 5.74) is 0. The molecule has 212 valence electrons. The van der Waals surface area contributed by atoms with E-state index in [0.717, 1.165) is 25.8 Å². The zero-order chi connectivity index (χ0) is 26.8. The third kappa shape index (κ3) is 9.23. The van der Waals surface area contributed by atoms with Crippen LogP contribution < -0.4 is 0 Å². The standard InChI is InChI=1S/C25H47NO10/c1-15(28)8-4-3-5-11-26(12-6-9-17-21(30)24(33)20(29)16(2)35-17)13-7-10-18-22(31)25(34)23(32)19(14-27)36-18/h16-25,27,29-34H,3-14H2,1-2H3/t16-,17-,18+,19+,20+,21+,22-,23+,24+,25+/m0/s1. The average Bonchev–Trinajstić information content (AvgIpc) is 2.84. The number of ketones is 1. The summed E-state index contributed by atoms with van der Waals surface area (Å²) in [6.07, 6.45) is -4.68. The molecule has 0 aromatic carbocycles. The van der Waals surface area contributed by atoms with Crippen molar-refractivity contribution >= 4 is 5.78 Å². The average molecular weight is 522 g/mol. The van der Waals surface area contributed by atoms with Crippen molar-refractivity contribution in [1.29, 1.82) is 0 Å². The molecule has 0 aromatic rings. The number of aliphatic hydroxyl groups excluding tert-OH is 7. The Morgan fingerprint density at radius 2 is 1.17 bits per heavy atom. The largest absolute Gasteiger partial charge is 0.394 e. The van der Waals surface area contributed by atoms with Crippen LogP contribution in [0, 0.1) is 0 Å². The normalized spacial score (nSPS) is 37.4. The lowest BCUT2D eigenvalue weighted by atomic mass is 9.92. The topological polar surface area (TPSA) is 180 Å². The molecule has 7 N–H and O–H groups in total. The Morgan fingerprint density at radius 1 is 0.667 bits per heavy atom. The van der Waals surface area contributed by atoms with E-state index in [4.69, 9.17) is 9.47 Å². The number of unbranched alkanes of at least 4 members (excludes halogenated alkanes) is 2. The minimum atomic E-state index is -1.38. The van der Waals surface area contributed by atoms with E-state index in [1.165, 1.54) is 0 Å². The molecule has 2 aliphatic heterocycles. The zero-order valence-electron chi connectivity index (χ0n) is 21.6. The van der Waals surface area contributed by atoms with Crippen LogP contribution in [0.4, 0.5) is 0 Å². The van der Waals surface area contributed by atoms with Crippen LogP contribution in [0.1, 0.15) is 65.2 Å². The molecule has 11 nitrogen and oxygen atoms in total. The van der Waals surface area contributed by atoms with Gasteiger partial charge in [-0.25, -0.2) is 0 Å². The number of ether oxygens (including phenoxy) is 2. The molecule has 36 heavy (non-hydrogen) atoms. The monoisotopic (exact) mass is 521 g/mol. The summed E-state index contributed by atoms with van der Waals surface area (Å²) in [5.74, 6) is 0.180. The fourth-order valence-corrected chi connectivity index (χ4v) is 5.05. The summed E-state index contributed by atoms with van der Waals surface area (Å²) < 4.78 is 11.3. The van der Waals surface area contributed by atoms with Crippen molar-refractivity contribution in [3.63, 3.8) is 0 Å². The maximum Gasteiger partial charge on any atom is 0.129 e. The van der Waals surface area contributed by atoms with E-state index in [-0.39, 0.29) is 5.78 Å². The number of aliphatic hydroxyl groups is 7. The van der Waals surface area contributed by atoms with Crippen LogP contribution in [0.25, 0.3) is 0 Å². The molecular weight excluding hydrogens is 474 g/mol. The molecule has 0 aromatic heterocycles. The summed E-state index contributed by atoms with van der Waals surface area (Å²) in [7, 11) is 0. The Hall–Kier alpha value is -0.730. The third-order valence-corrected chi connectivity index (χ3v) is 7.37. The number of carbonyl (C=O) groups excluding carboxylic acids is 1. The molecule has 2 fully saturated rings. The molecule has 0 aliphatic carbocycles. The number of hydrogen-bond acceptors (Lipinski definition) is 11. The lowest BCUT2D eigenvalue weighted by Gasteiger charge is -2.40. The summed E-state index contributed by atoms with van der Waals surface area (Å²) in [5, 5.41) is 69.8. The fraction of sp³-hybridized carbons (Fsp3) is 0.960. The second-order valence-electron chi connectivity index (χ2n) is 10.4. The van der Waals surface area contributed by atoms with Crippen molar-refractivity contribution in [3.05, 3.63) is 0 Å². The zero-order valence-corrected chi connectivity index (χ0v) is 21.6. The van der Waals surface area contributed by atoms with Crippen LogP contribution in [0.2, 0.25) is 0 Å². The van der Waals surface area contributed by atoms with E-state index < -0.39 is 67.6 Å². The highest BCUT2D eigenvalue weighted by molar-refractivity contribution is 5.75. The highest BCUT2D eigenvalue weighted by Crippen LogP contribution is 2.25. The van der Waals surface area contributed by atoms with E-state index in [9.17, 15) is 40.5 Å². The minimum Gasteiger partial charge on any atom is -0.394 e. The van der Waals surface area contributed by atoms with Crippen LogP contribution in [-0.4, -0.2) is 134 Å². The quantitative estimate of drug-likeness (QED) is 0.127. The van der Waals surface area contributed by atoms with Crippen molar-refractivity contribution in [2.24, 2.45) is 0 Å². The van der Waals surface area contributed by atoms with Crippen molar-refractivity contribution in [3.8, 4) is 0 Å². The number of hydrogen-bond donors (Lipinski definition) is 7. The Labute approximate surface area is 213 Å². The van der Waals surface area contributed by atoms with Gasteiger partial charge in [-0.05, 0) is 72.0 Å². The summed E-state index contributed by atoms with van der Waals surface area (Å²) in [4.78, 5) is 13.4. The molecule has 2 saturated heterocycles. The molecule has 0 amide bonds. The second-order valence-corrected chi connectivity index (χ2v) is 10.4. The van der Waals surface area contributed by atoms with Gasteiger partial charge in [-0.2, -0.15) is 0 Å². The predicted octanol–water partition coefficient (Wildman–Crippen LogP) is -1.29. The third-order valence-electron chi connectivity index (χ3n) is 7.37. The molecule has 0 unspecified atom stereocenters. The van der Waals surface area contributed by atoms with Gasteiger partial charge in [0, 0.05) is 6.42 Å². The molecule has 10 atom stereocenters. The van der Waals surface area contributed by atoms with Gasteiger partial charge in [0.1, 0.15) is 48.5 Å². The lowest BCUT2D eigenvalue weighted by Crippen LogP contribution is -2.58. The molecule has 0 radical (unpaired) electrons. The fourth-order valence-electron chi connectivity index (χ4n) is 5.05. The molecule has 2 aliphatic rings. The first-order valence-corrected chi connectivity index (χ1v) is 13.3. The Bertz CT molecular complexity index is 638. The van der Waals surface area contributed by atoms with Gasteiger partial charge in [-0.3, -0.25) is 0 Å². The van der Waals surface area contributed by atoms with E-state index in [0.29, 0.717) is 45.2 Å². The molecule has 0 saturated carbocycles.